The predicted molar refractivity (Wildman–Crippen MR) is 118 cm³/mol. The quantitative estimate of drug-likeness (QED) is 0.473. The fourth-order valence-corrected chi connectivity index (χ4v) is 3.83. The van der Waals surface area contributed by atoms with Gasteiger partial charge >= 0.3 is 0 Å². The van der Waals surface area contributed by atoms with Crippen LogP contribution in [0.15, 0.2) is 64.0 Å². The molecular weight excluding hydrogens is 414 g/mol. The Labute approximate surface area is 183 Å². The topological polar surface area (TPSA) is 68.3 Å². The summed E-state index contributed by atoms with van der Waals surface area (Å²) in [6.45, 7) is 6.87. The van der Waals surface area contributed by atoms with Crippen LogP contribution in [0.5, 0.6) is 0 Å². The van der Waals surface area contributed by atoms with Crippen LogP contribution in [0, 0.1) is 25.5 Å². The van der Waals surface area contributed by atoms with Crippen LogP contribution in [0.1, 0.15) is 30.7 Å². The zero-order valence-corrected chi connectivity index (χ0v) is 18.1. The summed E-state index contributed by atoms with van der Waals surface area (Å²) in [5.41, 5.74) is 1.85. The van der Waals surface area contributed by atoms with Crippen LogP contribution in [0.4, 0.5) is 8.78 Å². The number of halogens is 2. The normalized spacial score (nSPS) is 11.7. The maximum absolute atomic E-state index is 14.6. The summed E-state index contributed by atoms with van der Waals surface area (Å²) < 4.78 is 35.0. The van der Waals surface area contributed by atoms with Crippen LogP contribution in [0.25, 0.3) is 28.1 Å². The third-order valence-corrected chi connectivity index (χ3v) is 5.33. The molecule has 2 aromatic heterocycles. The SMILES string of the molecule is Cc1cccc(C)c1-n1cc(-c2c(C(C)(C)O)noc2-c2ccc(F)cc2F)ccc1=O. The van der Waals surface area contributed by atoms with E-state index in [4.69, 9.17) is 4.52 Å². The summed E-state index contributed by atoms with van der Waals surface area (Å²) >= 11 is 0. The molecule has 32 heavy (non-hydrogen) atoms. The molecular formula is C25H22F2N2O3. The van der Waals surface area contributed by atoms with Gasteiger partial charge in [-0.05, 0) is 57.0 Å². The first-order valence-corrected chi connectivity index (χ1v) is 10.1. The highest BCUT2D eigenvalue weighted by Gasteiger charge is 2.31. The molecule has 164 valence electrons. The number of hydrogen-bond acceptors (Lipinski definition) is 4. The van der Waals surface area contributed by atoms with Gasteiger partial charge in [0.05, 0.1) is 16.8 Å². The largest absolute Gasteiger partial charge is 0.384 e. The summed E-state index contributed by atoms with van der Waals surface area (Å²) in [6, 6.07) is 11.8. The van der Waals surface area contributed by atoms with Gasteiger partial charge in [-0.3, -0.25) is 9.36 Å². The number of benzene rings is 2. The Balaban J connectivity index is 2.02. The van der Waals surface area contributed by atoms with Crippen molar-refractivity contribution in [3.63, 3.8) is 0 Å². The van der Waals surface area contributed by atoms with Crippen LogP contribution in [-0.4, -0.2) is 14.8 Å². The molecule has 0 radical (unpaired) electrons. The van der Waals surface area contributed by atoms with Gasteiger partial charge < -0.3 is 9.63 Å². The molecule has 5 nitrogen and oxygen atoms in total. The monoisotopic (exact) mass is 436 g/mol. The summed E-state index contributed by atoms with van der Waals surface area (Å²) in [6.07, 6.45) is 1.62. The van der Waals surface area contributed by atoms with E-state index in [1.165, 1.54) is 30.5 Å². The van der Waals surface area contributed by atoms with Crippen LogP contribution in [0.2, 0.25) is 0 Å². The van der Waals surface area contributed by atoms with Crippen LogP contribution < -0.4 is 5.56 Å². The highest BCUT2D eigenvalue weighted by molar-refractivity contribution is 5.82. The first kappa shape index (κ1) is 21.6. The number of aryl methyl sites for hydroxylation is 2. The van der Waals surface area contributed by atoms with Gasteiger partial charge in [-0.25, -0.2) is 8.78 Å². The third-order valence-electron chi connectivity index (χ3n) is 5.33. The highest BCUT2D eigenvalue weighted by atomic mass is 19.1. The van der Waals surface area contributed by atoms with Crippen molar-refractivity contribution in [1.82, 2.24) is 9.72 Å². The maximum Gasteiger partial charge on any atom is 0.255 e. The van der Waals surface area contributed by atoms with Crippen molar-refractivity contribution in [3.05, 3.63) is 93.5 Å². The minimum Gasteiger partial charge on any atom is -0.384 e. The molecule has 0 fully saturated rings. The Morgan fingerprint density at radius 1 is 1.03 bits per heavy atom. The molecule has 0 atom stereocenters. The van der Waals surface area contributed by atoms with Crippen LogP contribution in [-0.2, 0) is 5.60 Å². The van der Waals surface area contributed by atoms with Crippen molar-refractivity contribution < 1.29 is 18.4 Å². The molecule has 0 saturated heterocycles. The maximum atomic E-state index is 14.6. The number of para-hydroxylation sites is 1. The average Bonchev–Trinajstić information content (AvgIpc) is 3.14. The summed E-state index contributed by atoms with van der Waals surface area (Å²) in [5, 5.41) is 14.7. The molecule has 4 aromatic rings. The lowest BCUT2D eigenvalue weighted by molar-refractivity contribution is 0.0707. The number of rotatable bonds is 4. The number of pyridine rings is 1. The van der Waals surface area contributed by atoms with E-state index in [0.29, 0.717) is 11.1 Å². The molecule has 2 heterocycles. The van der Waals surface area contributed by atoms with Crippen molar-refractivity contribution in [2.75, 3.05) is 0 Å². The van der Waals surface area contributed by atoms with Crippen molar-refractivity contribution in [1.29, 1.82) is 0 Å². The average molecular weight is 436 g/mol. The Morgan fingerprint density at radius 2 is 1.72 bits per heavy atom. The van der Waals surface area contributed by atoms with E-state index in [1.54, 1.807) is 12.3 Å². The Bertz CT molecular complexity index is 1360. The van der Waals surface area contributed by atoms with Gasteiger partial charge in [0, 0.05) is 23.9 Å². The van der Waals surface area contributed by atoms with Crippen molar-refractivity contribution in [3.8, 4) is 28.1 Å². The van der Waals surface area contributed by atoms with Gasteiger partial charge in [0.15, 0.2) is 5.76 Å². The van der Waals surface area contributed by atoms with Crippen LogP contribution in [0.3, 0.4) is 0 Å². The molecule has 0 saturated carbocycles. The summed E-state index contributed by atoms with van der Waals surface area (Å²) in [4.78, 5) is 12.7. The molecule has 1 N–H and O–H groups in total. The van der Waals surface area contributed by atoms with E-state index >= 15 is 0 Å². The van der Waals surface area contributed by atoms with E-state index in [1.807, 2.05) is 32.0 Å². The minimum absolute atomic E-state index is 0.00535. The number of aliphatic hydroxyl groups is 1. The molecule has 0 unspecified atom stereocenters. The van der Waals surface area contributed by atoms with Gasteiger partial charge in [0.25, 0.3) is 5.56 Å². The van der Waals surface area contributed by atoms with Gasteiger partial charge in [-0.15, -0.1) is 0 Å². The smallest absolute Gasteiger partial charge is 0.255 e. The van der Waals surface area contributed by atoms with E-state index < -0.39 is 17.2 Å². The van der Waals surface area contributed by atoms with E-state index in [0.717, 1.165) is 28.9 Å². The summed E-state index contributed by atoms with van der Waals surface area (Å²) in [5.74, 6) is -1.52. The van der Waals surface area contributed by atoms with Gasteiger partial charge in [-0.1, -0.05) is 23.4 Å². The van der Waals surface area contributed by atoms with Crippen molar-refractivity contribution >= 4 is 0 Å². The second-order valence-electron chi connectivity index (χ2n) is 8.28. The zero-order chi connectivity index (χ0) is 23.2. The second kappa shape index (κ2) is 7.84. The lowest BCUT2D eigenvalue weighted by Gasteiger charge is -2.18. The zero-order valence-electron chi connectivity index (χ0n) is 18.1. The van der Waals surface area contributed by atoms with E-state index in [-0.39, 0.29) is 22.6 Å². The fraction of sp³-hybridized carbons (Fsp3) is 0.200. The lowest BCUT2D eigenvalue weighted by Crippen LogP contribution is -2.20. The molecule has 0 aliphatic carbocycles. The number of hydrogen-bond donors (Lipinski definition) is 1. The van der Waals surface area contributed by atoms with Crippen molar-refractivity contribution in [2.45, 2.75) is 33.3 Å². The second-order valence-corrected chi connectivity index (χ2v) is 8.28. The first-order valence-electron chi connectivity index (χ1n) is 10.1. The molecule has 0 amide bonds. The molecule has 0 bridgehead atoms. The lowest BCUT2D eigenvalue weighted by atomic mass is 9.93. The minimum atomic E-state index is -1.42. The molecule has 2 aromatic carbocycles. The Kier molecular flexibility index (Phi) is 5.30. The Morgan fingerprint density at radius 3 is 2.34 bits per heavy atom. The molecule has 0 aliphatic rings. The molecule has 4 rings (SSSR count). The van der Waals surface area contributed by atoms with E-state index in [9.17, 15) is 18.7 Å². The third kappa shape index (κ3) is 3.76. The molecule has 0 spiro atoms. The van der Waals surface area contributed by atoms with Gasteiger partial charge in [0.2, 0.25) is 0 Å². The Hall–Kier alpha value is -3.58. The fourth-order valence-electron chi connectivity index (χ4n) is 3.83. The predicted octanol–water partition coefficient (Wildman–Crippen LogP) is 5.28. The standard InChI is InChI=1S/C25H22F2N2O3/c1-14-6-5-7-15(2)22(14)29-13-16(8-11-20(29)30)21-23(32-28-24(21)25(3,4)31)18-10-9-17(26)12-19(18)27/h5-13,31H,1-4H3. The number of aromatic nitrogens is 2. The summed E-state index contributed by atoms with van der Waals surface area (Å²) in [7, 11) is 0. The highest BCUT2D eigenvalue weighted by Crippen LogP contribution is 2.40. The van der Waals surface area contributed by atoms with Crippen LogP contribution >= 0.6 is 0 Å². The van der Waals surface area contributed by atoms with Crippen molar-refractivity contribution in [2.24, 2.45) is 0 Å². The molecule has 7 heteroatoms. The number of nitrogens with zero attached hydrogens (tertiary/aromatic N) is 2. The molecule has 0 aliphatic heterocycles. The van der Waals surface area contributed by atoms with E-state index in [2.05, 4.69) is 5.16 Å². The van der Waals surface area contributed by atoms with Gasteiger partial charge in [0.1, 0.15) is 22.9 Å². The first-order chi connectivity index (χ1) is 15.1. The van der Waals surface area contributed by atoms with Gasteiger partial charge in [-0.2, -0.15) is 0 Å².